The minimum absolute atomic E-state index is 0.126. The molecule has 0 atom stereocenters. The normalized spacial score (nSPS) is 11.4. The van der Waals surface area contributed by atoms with Crippen LogP contribution in [0, 0.1) is 0 Å². The summed E-state index contributed by atoms with van der Waals surface area (Å²) >= 11 is 0. The zero-order chi connectivity index (χ0) is 15.2. The highest BCUT2D eigenvalue weighted by atomic mass is 16.7. The first kappa shape index (κ1) is 17.7. The van der Waals surface area contributed by atoms with Crippen LogP contribution in [0.25, 0.3) is 0 Å². The highest BCUT2D eigenvalue weighted by molar-refractivity contribution is 5.13. The van der Waals surface area contributed by atoms with Gasteiger partial charge in [-0.15, -0.1) is 0 Å². The molecule has 4 nitrogen and oxygen atoms in total. The molecular formula is C17H26O4. The Balaban J connectivity index is 2.01. The van der Waals surface area contributed by atoms with Crippen LogP contribution in [-0.2, 0) is 25.6 Å². The Morgan fingerprint density at radius 2 is 1.76 bits per heavy atom. The number of hydrogen-bond donors (Lipinski definition) is 0. The van der Waals surface area contributed by atoms with E-state index >= 15 is 0 Å². The summed E-state index contributed by atoms with van der Waals surface area (Å²) in [4.78, 5) is 0. The van der Waals surface area contributed by atoms with Gasteiger partial charge in [-0.25, -0.2) is 0 Å². The Morgan fingerprint density at radius 3 is 2.43 bits per heavy atom. The summed E-state index contributed by atoms with van der Waals surface area (Å²) in [7, 11) is 0. The van der Waals surface area contributed by atoms with E-state index in [1.165, 1.54) is 0 Å². The van der Waals surface area contributed by atoms with Gasteiger partial charge in [0.25, 0.3) is 0 Å². The monoisotopic (exact) mass is 294 g/mol. The molecule has 0 saturated heterocycles. The Bertz CT molecular complexity index is 358. The molecule has 0 radical (unpaired) electrons. The van der Waals surface area contributed by atoms with Crippen LogP contribution in [0.1, 0.15) is 32.3 Å². The third-order valence-corrected chi connectivity index (χ3v) is 2.73. The third kappa shape index (κ3) is 9.24. The maximum absolute atomic E-state index is 5.45. The molecular weight excluding hydrogens is 268 g/mol. The number of hydrogen-bond acceptors (Lipinski definition) is 4. The Hall–Kier alpha value is -1.36. The van der Waals surface area contributed by atoms with Crippen molar-refractivity contribution >= 4 is 0 Å². The highest BCUT2D eigenvalue weighted by Crippen LogP contribution is 2.05. The number of rotatable bonds is 12. The minimum Gasteiger partial charge on any atom is -0.475 e. The number of ether oxygens (including phenoxy) is 4. The molecule has 0 fully saturated rings. The second-order valence-corrected chi connectivity index (χ2v) is 4.41. The highest BCUT2D eigenvalue weighted by Gasteiger charge is 2.05. The van der Waals surface area contributed by atoms with E-state index in [9.17, 15) is 0 Å². The average molecular weight is 294 g/mol. The number of benzene rings is 1. The van der Waals surface area contributed by atoms with Gasteiger partial charge in [0, 0.05) is 19.6 Å². The van der Waals surface area contributed by atoms with Crippen molar-refractivity contribution in [1.29, 1.82) is 0 Å². The summed E-state index contributed by atoms with van der Waals surface area (Å²) in [6, 6.07) is 10.0. The summed E-state index contributed by atoms with van der Waals surface area (Å²) in [5.74, 6) is 0. The molecule has 21 heavy (non-hydrogen) atoms. The van der Waals surface area contributed by atoms with Crippen molar-refractivity contribution in [1.82, 2.24) is 0 Å². The summed E-state index contributed by atoms with van der Waals surface area (Å²) in [5, 5.41) is 0. The van der Waals surface area contributed by atoms with E-state index in [0.29, 0.717) is 19.8 Å². The van der Waals surface area contributed by atoms with E-state index in [2.05, 4.69) is 0 Å². The van der Waals surface area contributed by atoms with E-state index in [1.54, 1.807) is 6.26 Å². The molecule has 1 aromatic rings. The predicted molar refractivity (Wildman–Crippen MR) is 82.6 cm³/mol. The van der Waals surface area contributed by atoms with Gasteiger partial charge in [0.2, 0.25) is 0 Å². The molecule has 118 valence electrons. The van der Waals surface area contributed by atoms with Crippen molar-refractivity contribution in [2.24, 2.45) is 0 Å². The molecule has 1 aromatic carbocycles. The SMILES string of the molecule is CCOC(CCC=COCOCc1ccccc1)OCC. The zero-order valence-electron chi connectivity index (χ0n) is 13.0. The molecule has 0 heterocycles. The number of allylic oxidation sites excluding steroid dienone is 1. The van der Waals surface area contributed by atoms with Crippen LogP contribution in [0.5, 0.6) is 0 Å². The molecule has 0 amide bonds. The molecule has 0 aliphatic carbocycles. The van der Waals surface area contributed by atoms with Crippen molar-refractivity contribution in [2.45, 2.75) is 39.6 Å². The molecule has 1 rings (SSSR count). The van der Waals surface area contributed by atoms with Gasteiger partial charge in [0.15, 0.2) is 13.1 Å². The van der Waals surface area contributed by atoms with E-state index < -0.39 is 0 Å². The van der Waals surface area contributed by atoms with Crippen LogP contribution in [-0.4, -0.2) is 26.3 Å². The Labute approximate surface area is 127 Å². The first-order chi connectivity index (χ1) is 10.4. The lowest BCUT2D eigenvalue weighted by Crippen LogP contribution is -2.16. The lowest BCUT2D eigenvalue weighted by molar-refractivity contribution is -0.138. The van der Waals surface area contributed by atoms with Crippen molar-refractivity contribution in [2.75, 3.05) is 20.0 Å². The van der Waals surface area contributed by atoms with E-state index in [4.69, 9.17) is 18.9 Å². The molecule has 0 saturated carbocycles. The van der Waals surface area contributed by atoms with Crippen LogP contribution in [0.2, 0.25) is 0 Å². The van der Waals surface area contributed by atoms with Crippen LogP contribution >= 0.6 is 0 Å². The molecule has 0 unspecified atom stereocenters. The summed E-state index contributed by atoms with van der Waals surface area (Å²) in [5.41, 5.74) is 1.14. The Morgan fingerprint density at radius 1 is 1.05 bits per heavy atom. The van der Waals surface area contributed by atoms with Gasteiger partial charge in [0.1, 0.15) is 0 Å². The molecule has 0 aliphatic rings. The second kappa shape index (κ2) is 12.4. The van der Waals surface area contributed by atoms with Gasteiger partial charge in [-0.2, -0.15) is 0 Å². The van der Waals surface area contributed by atoms with Crippen molar-refractivity contribution in [3.63, 3.8) is 0 Å². The van der Waals surface area contributed by atoms with E-state index in [1.807, 2.05) is 50.3 Å². The third-order valence-electron chi connectivity index (χ3n) is 2.73. The van der Waals surface area contributed by atoms with E-state index in [0.717, 1.165) is 18.4 Å². The fourth-order valence-electron chi connectivity index (χ4n) is 1.78. The van der Waals surface area contributed by atoms with Crippen LogP contribution in [0.15, 0.2) is 42.7 Å². The molecule has 0 aliphatic heterocycles. The van der Waals surface area contributed by atoms with Crippen LogP contribution < -0.4 is 0 Å². The lowest BCUT2D eigenvalue weighted by Gasteiger charge is -2.15. The largest absolute Gasteiger partial charge is 0.475 e. The Kier molecular flexibility index (Phi) is 10.4. The summed E-state index contributed by atoms with van der Waals surface area (Å²) in [6.07, 6.45) is 5.17. The molecule has 4 heteroatoms. The maximum Gasteiger partial charge on any atom is 0.188 e. The van der Waals surface area contributed by atoms with Gasteiger partial charge in [-0.05, 0) is 31.9 Å². The summed E-state index contributed by atoms with van der Waals surface area (Å²) in [6.45, 7) is 6.08. The summed E-state index contributed by atoms with van der Waals surface area (Å²) < 4.78 is 21.6. The zero-order valence-corrected chi connectivity index (χ0v) is 13.0. The fraction of sp³-hybridized carbons (Fsp3) is 0.529. The standard InChI is InChI=1S/C17H26O4/c1-3-20-17(21-4-2)12-8-9-13-18-15-19-14-16-10-6-5-7-11-16/h5-7,9-11,13,17H,3-4,8,12,14-15H2,1-2H3. The van der Waals surface area contributed by atoms with Gasteiger partial charge in [-0.1, -0.05) is 30.3 Å². The molecule has 0 aromatic heterocycles. The molecule has 0 bridgehead atoms. The van der Waals surface area contributed by atoms with Crippen LogP contribution in [0.4, 0.5) is 0 Å². The molecule has 0 N–H and O–H groups in total. The van der Waals surface area contributed by atoms with E-state index in [-0.39, 0.29) is 13.1 Å². The quantitative estimate of drug-likeness (QED) is 0.333. The van der Waals surface area contributed by atoms with Crippen molar-refractivity contribution in [3.05, 3.63) is 48.2 Å². The lowest BCUT2D eigenvalue weighted by atomic mass is 10.2. The topological polar surface area (TPSA) is 36.9 Å². The first-order valence-corrected chi connectivity index (χ1v) is 7.48. The van der Waals surface area contributed by atoms with Gasteiger partial charge in [-0.3, -0.25) is 0 Å². The predicted octanol–water partition coefficient (Wildman–Crippen LogP) is 3.87. The minimum atomic E-state index is -0.126. The maximum atomic E-state index is 5.45. The fourth-order valence-corrected chi connectivity index (χ4v) is 1.78. The van der Waals surface area contributed by atoms with Crippen molar-refractivity contribution < 1.29 is 18.9 Å². The molecule has 0 spiro atoms. The van der Waals surface area contributed by atoms with Gasteiger partial charge < -0.3 is 18.9 Å². The van der Waals surface area contributed by atoms with Crippen molar-refractivity contribution in [3.8, 4) is 0 Å². The first-order valence-electron chi connectivity index (χ1n) is 7.48. The van der Waals surface area contributed by atoms with Crippen LogP contribution in [0.3, 0.4) is 0 Å². The average Bonchev–Trinajstić information content (AvgIpc) is 2.51. The second-order valence-electron chi connectivity index (χ2n) is 4.41. The van der Waals surface area contributed by atoms with Gasteiger partial charge >= 0.3 is 0 Å². The smallest absolute Gasteiger partial charge is 0.188 e. The van der Waals surface area contributed by atoms with Gasteiger partial charge in [0.05, 0.1) is 12.9 Å².